The molecule has 2 amide bonds. The maximum Gasteiger partial charge on any atom is 0.312 e. The van der Waals surface area contributed by atoms with Crippen LogP contribution in [0.5, 0.6) is 0 Å². The largest absolute Gasteiger partial charge is 0.352 e. The van der Waals surface area contributed by atoms with Gasteiger partial charge in [-0.25, -0.2) is 4.79 Å². The number of amides is 2. The van der Waals surface area contributed by atoms with Crippen LogP contribution in [0.25, 0.3) is 0 Å². The molecule has 2 aliphatic rings. The summed E-state index contributed by atoms with van der Waals surface area (Å²) in [6, 6.07) is 0.0336. The lowest BCUT2D eigenvalue weighted by molar-refractivity contribution is 0.222. The van der Waals surface area contributed by atoms with E-state index in [4.69, 9.17) is 5.73 Å². The van der Waals surface area contributed by atoms with Crippen molar-refractivity contribution in [3.63, 3.8) is 0 Å². The second-order valence-electron chi connectivity index (χ2n) is 5.12. The molecule has 2 saturated carbocycles. The van der Waals surface area contributed by atoms with Crippen molar-refractivity contribution in [1.82, 2.24) is 5.32 Å². The van der Waals surface area contributed by atoms with E-state index in [-0.39, 0.29) is 6.03 Å². The van der Waals surface area contributed by atoms with E-state index < -0.39 is 0 Å². The molecule has 2 rings (SSSR count). The van der Waals surface area contributed by atoms with Crippen LogP contribution in [0, 0.1) is 11.8 Å². The van der Waals surface area contributed by atoms with Gasteiger partial charge in [-0.3, -0.25) is 0 Å². The van der Waals surface area contributed by atoms with Crippen molar-refractivity contribution in [2.45, 2.75) is 57.4 Å². The number of urea groups is 1. The Hall–Kier alpha value is -0.730. The van der Waals surface area contributed by atoms with Crippen LogP contribution >= 0.6 is 0 Å². The summed E-state index contributed by atoms with van der Waals surface area (Å²) in [5.41, 5.74) is 5.28. The number of nitrogens with one attached hydrogen (secondary N) is 1. The highest BCUT2D eigenvalue weighted by atomic mass is 16.2. The Labute approximate surface area is 91.8 Å². The third-order valence-corrected chi connectivity index (χ3v) is 4.12. The number of carbonyl (C=O) groups excluding carboxylic acids is 1. The number of carbonyl (C=O) groups is 1. The number of hydrogen-bond acceptors (Lipinski definition) is 1. The van der Waals surface area contributed by atoms with Gasteiger partial charge in [0.2, 0.25) is 0 Å². The molecule has 3 N–H and O–H groups in total. The molecule has 0 bridgehead atoms. The third-order valence-electron chi connectivity index (χ3n) is 4.12. The number of rotatable bonds is 3. The quantitative estimate of drug-likeness (QED) is 0.738. The zero-order valence-electron chi connectivity index (χ0n) is 9.37. The van der Waals surface area contributed by atoms with Crippen molar-refractivity contribution in [3.8, 4) is 0 Å². The summed E-state index contributed by atoms with van der Waals surface area (Å²) >= 11 is 0. The van der Waals surface area contributed by atoms with Gasteiger partial charge in [-0.1, -0.05) is 25.7 Å². The molecule has 0 saturated heterocycles. The highest BCUT2D eigenvalue weighted by Gasteiger charge is 2.33. The average molecular weight is 210 g/mol. The van der Waals surface area contributed by atoms with Gasteiger partial charge in [-0.15, -0.1) is 0 Å². The van der Waals surface area contributed by atoms with Crippen LogP contribution < -0.4 is 11.1 Å². The predicted molar refractivity (Wildman–Crippen MR) is 60.4 cm³/mol. The Morgan fingerprint density at radius 2 is 1.40 bits per heavy atom. The second-order valence-corrected chi connectivity index (χ2v) is 5.12. The number of nitrogens with two attached hydrogens (primary N) is 1. The molecule has 15 heavy (non-hydrogen) atoms. The minimum atomic E-state index is -0.334. The fourth-order valence-electron chi connectivity index (χ4n) is 3.42. The SMILES string of the molecule is NC(=O)NC(C1CCCC1)C1CCCC1. The predicted octanol–water partition coefficient (Wildman–Crippen LogP) is 2.40. The minimum Gasteiger partial charge on any atom is -0.352 e. The van der Waals surface area contributed by atoms with Crippen LogP contribution in [0.1, 0.15) is 51.4 Å². The maximum absolute atomic E-state index is 11.0. The van der Waals surface area contributed by atoms with Gasteiger partial charge >= 0.3 is 6.03 Å². The molecule has 0 radical (unpaired) electrons. The van der Waals surface area contributed by atoms with E-state index in [1.165, 1.54) is 51.4 Å². The molecule has 0 unspecified atom stereocenters. The summed E-state index contributed by atoms with van der Waals surface area (Å²) < 4.78 is 0. The van der Waals surface area contributed by atoms with Crippen LogP contribution in [0.3, 0.4) is 0 Å². The topological polar surface area (TPSA) is 55.1 Å². The monoisotopic (exact) mass is 210 g/mol. The van der Waals surface area contributed by atoms with Crippen molar-refractivity contribution in [2.24, 2.45) is 17.6 Å². The highest BCUT2D eigenvalue weighted by Crippen LogP contribution is 2.37. The van der Waals surface area contributed by atoms with Crippen LogP contribution in [-0.4, -0.2) is 12.1 Å². The van der Waals surface area contributed by atoms with Crippen LogP contribution in [0.15, 0.2) is 0 Å². The molecule has 0 aliphatic heterocycles. The maximum atomic E-state index is 11.0. The van der Waals surface area contributed by atoms with Crippen LogP contribution in [0.2, 0.25) is 0 Å². The molecule has 3 nitrogen and oxygen atoms in total. The lowest BCUT2D eigenvalue weighted by Crippen LogP contribution is -2.46. The molecule has 0 heterocycles. The van der Waals surface area contributed by atoms with Gasteiger partial charge in [-0.05, 0) is 37.5 Å². The molecule has 0 atom stereocenters. The van der Waals surface area contributed by atoms with Gasteiger partial charge in [0.15, 0.2) is 0 Å². The Morgan fingerprint density at radius 1 is 1.00 bits per heavy atom. The zero-order chi connectivity index (χ0) is 10.7. The molecule has 86 valence electrons. The van der Waals surface area contributed by atoms with Crippen LogP contribution in [0.4, 0.5) is 4.79 Å². The van der Waals surface area contributed by atoms with Crippen LogP contribution in [-0.2, 0) is 0 Å². The normalized spacial score (nSPS) is 23.8. The van der Waals surface area contributed by atoms with E-state index in [0.29, 0.717) is 17.9 Å². The van der Waals surface area contributed by atoms with E-state index in [9.17, 15) is 4.79 Å². The molecule has 0 aromatic carbocycles. The fourth-order valence-corrected chi connectivity index (χ4v) is 3.42. The first-order chi connectivity index (χ1) is 7.27. The van der Waals surface area contributed by atoms with Crippen molar-refractivity contribution in [1.29, 1.82) is 0 Å². The lowest BCUT2D eigenvalue weighted by Gasteiger charge is -2.29. The zero-order valence-corrected chi connectivity index (χ0v) is 9.37. The van der Waals surface area contributed by atoms with Crippen molar-refractivity contribution >= 4 is 6.03 Å². The van der Waals surface area contributed by atoms with E-state index in [1.807, 2.05) is 0 Å². The van der Waals surface area contributed by atoms with Gasteiger partial charge in [-0.2, -0.15) is 0 Å². The Bertz CT molecular complexity index is 202. The van der Waals surface area contributed by atoms with E-state index in [0.717, 1.165) is 0 Å². The lowest BCUT2D eigenvalue weighted by atomic mass is 9.86. The third kappa shape index (κ3) is 2.64. The number of hydrogen-bond donors (Lipinski definition) is 2. The summed E-state index contributed by atoms with van der Waals surface area (Å²) in [6.07, 6.45) is 10.4. The second kappa shape index (κ2) is 4.86. The molecule has 0 spiro atoms. The summed E-state index contributed by atoms with van der Waals surface area (Å²) in [6.45, 7) is 0. The fraction of sp³-hybridized carbons (Fsp3) is 0.917. The van der Waals surface area contributed by atoms with Gasteiger partial charge in [0, 0.05) is 6.04 Å². The van der Waals surface area contributed by atoms with Gasteiger partial charge in [0.05, 0.1) is 0 Å². The van der Waals surface area contributed by atoms with Crippen molar-refractivity contribution < 1.29 is 4.79 Å². The molecule has 3 heteroatoms. The minimum absolute atomic E-state index is 0.334. The molecule has 0 aromatic heterocycles. The summed E-state index contributed by atoms with van der Waals surface area (Å²) in [4.78, 5) is 11.0. The van der Waals surface area contributed by atoms with E-state index in [2.05, 4.69) is 5.32 Å². The average Bonchev–Trinajstić information content (AvgIpc) is 2.87. The first kappa shape index (κ1) is 10.8. The summed E-state index contributed by atoms with van der Waals surface area (Å²) in [7, 11) is 0. The molecular formula is C12H22N2O. The van der Waals surface area contributed by atoms with E-state index in [1.54, 1.807) is 0 Å². The van der Waals surface area contributed by atoms with Gasteiger partial charge in [0.25, 0.3) is 0 Å². The summed E-state index contributed by atoms with van der Waals surface area (Å²) in [5.74, 6) is 1.39. The van der Waals surface area contributed by atoms with Gasteiger partial charge < -0.3 is 11.1 Å². The van der Waals surface area contributed by atoms with E-state index >= 15 is 0 Å². The van der Waals surface area contributed by atoms with Crippen molar-refractivity contribution in [3.05, 3.63) is 0 Å². The Kier molecular flexibility index (Phi) is 3.49. The highest BCUT2D eigenvalue weighted by molar-refractivity contribution is 5.72. The summed E-state index contributed by atoms with van der Waals surface area (Å²) in [5, 5.41) is 3.00. The molecule has 0 aromatic rings. The Balaban J connectivity index is 1.97. The smallest absolute Gasteiger partial charge is 0.312 e. The molecule has 2 aliphatic carbocycles. The van der Waals surface area contributed by atoms with Gasteiger partial charge in [0.1, 0.15) is 0 Å². The first-order valence-electron chi connectivity index (χ1n) is 6.33. The Morgan fingerprint density at radius 3 is 1.73 bits per heavy atom. The molecule has 2 fully saturated rings. The standard InChI is InChI=1S/C12H22N2O/c13-12(15)14-11(9-5-1-2-6-9)10-7-3-4-8-10/h9-11H,1-8H2,(H3,13,14,15). The number of primary amides is 1. The molecular weight excluding hydrogens is 188 g/mol. The van der Waals surface area contributed by atoms with Crippen molar-refractivity contribution in [2.75, 3.05) is 0 Å². The first-order valence-corrected chi connectivity index (χ1v) is 6.33.